The van der Waals surface area contributed by atoms with E-state index in [9.17, 15) is 4.39 Å². The minimum Gasteiger partial charge on any atom is -0.324 e. The van der Waals surface area contributed by atoms with E-state index in [0.29, 0.717) is 0 Å². The minimum atomic E-state index is -0.249. The summed E-state index contributed by atoms with van der Waals surface area (Å²) in [6, 6.07) is 6.52. The largest absolute Gasteiger partial charge is 0.324 e. The molecule has 19 heavy (non-hydrogen) atoms. The van der Waals surface area contributed by atoms with E-state index >= 15 is 0 Å². The highest BCUT2D eigenvalue weighted by molar-refractivity contribution is 5.38. The average Bonchev–Trinajstić information content (AvgIpc) is 2.71. The Morgan fingerprint density at radius 1 is 1.42 bits per heavy atom. The zero-order valence-electron chi connectivity index (χ0n) is 11.2. The van der Waals surface area contributed by atoms with E-state index in [1.54, 1.807) is 6.07 Å². The van der Waals surface area contributed by atoms with Crippen LogP contribution in [0.15, 0.2) is 30.5 Å². The van der Waals surface area contributed by atoms with E-state index in [1.807, 2.05) is 16.9 Å². The van der Waals surface area contributed by atoms with Gasteiger partial charge in [0.2, 0.25) is 0 Å². The van der Waals surface area contributed by atoms with Gasteiger partial charge in [-0.15, -0.1) is 0 Å². The topological polar surface area (TPSA) is 43.8 Å². The van der Waals surface area contributed by atoms with Crippen LogP contribution in [0, 0.1) is 11.2 Å². The first-order valence-corrected chi connectivity index (χ1v) is 6.55. The zero-order valence-corrected chi connectivity index (χ0v) is 11.2. The molecule has 2 N–H and O–H groups in total. The summed E-state index contributed by atoms with van der Waals surface area (Å²) in [5.74, 6) is -0.249. The van der Waals surface area contributed by atoms with Crippen molar-refractivity contribution in [1.82, 2.24) is 9.78 Å². The molecular formula is C15H18FN3. The van der Waals surface area contributed by atoms with E-state index in [0.717, 1.165) is 29.8 Å². The molecule has 1 aliphatic rings. The van der Waals surface area contributed by atoms with Gasteiger partial charge in [-0.25, -0.2) is 9.07 Å². The smallest absolute Gasteiger partial charge is 0.125 e. The molecule has 0 spiro atoms. The first-order chi connectivity index (χ1) is 8.96. The predicted octanol–water partition coefficient (Wildman–Crippen LogP) is 2.98. The first kappa shape index (κ1) is 12.4. The van der Waals surface area contributed by atoms with Gasteiger partial charge >= 0.3 is 0 Å². The van der Waals surface area contributed by atoms with Crippen molar-refractivity contribution in [1.29, 1.82) is 0 Å². The van der Waals surface area contributed by atoms with Crippen molar-refractivity contribution in [3.63, 3.8) is 0 Å². The molecule has 1 aromatic carbocycles. The van der Waals surface area contributed by atoms with Crippen LogP contribution < -0.4 is 5.73 Å². The van der Waals surface area contributed by atoms with Gasteiger partial charge in [0.25, 0.3) is 0 Å². The molecule has 2 aromatic rings. The maximum atomic E-state index is 13.4. The standard InChI is InChI=1S/C15H18FN3/c1-15(2)7-13(17)12-9-18-19(14(12)8-15)11-5-3-4-10(16)6-11/h3-6,9,13H,7-8,17H2,1-2H3/t13-/m0/s1. The van der Waals surface area contributed by atoms with E-state index in [2.05, 4.69) is 18.9 Å². The number of nitrogens with zero attached hydrogens (tertiary/aromatic N) is 2. The molecule has 0 fully saturated rings. The van der Waals surface area contributed by atoms with Crippen molar-refractivity contribution in [2.75, 3.05) is 0 Å². The maximum Gasteiger partial charge on any atom is 0.125 e. The van der Waals surface area contributed by atoms with Crippen LogP contribution in [0.1, 0.15) is 37.6 Å². The van der Waals surface area contributed by atoms with Crippen molar-refractivity contribution >= 4 is 0 Å². The van der Waals surface area contributed by atoms with E-state index in [1.165, 1.54) is 12.1 Å². The van der Waals surface area contributed by atoms with Gasteiger partial charge in [0.05, 0.1) is 11.9 Å². The highest BCUT2D eigenvalue weighted by atomic mass is 19.1. The van der Waals surface area contributed by atoms with Crippen molar-refractivity contribution in [3.8, 4) is 5.69 Å². The summed E-state index contributed by atoms with van der Waals surface area (Å²) in [7, 11) is 0. The van der Waals surface area contributed by atoms with E-state index in [4.69, 9.17) is 5.73 Å². The average molecular weight is 259 g/mol. The van der Waals surface area contributed by atoms with Crippen LogP contribution in [0.25, 0.3) is 5.69 Å². The molecule has 0 saturated carbocycles. The molecule has 0 bridgehead atoms. The number of benzene rings is 1. The molecule has 3 nitrogen and oxygen atoms in total. The number of hydrogen-bond donors (Lipinski definition) is 1. The summed E-state index contributed by atoms with van der Waals surface area (Å²) in [5, 5.41) is 4.40. The lowest BCUT2D eigenvalue weighted by Crippen LogP contribution is -2.30. The van der Waals surface area contributed by atoms with Gasteiger partial charge in [0.15, 0.2) is 0 Å². The lowest BCUT2D eigenvalue weighted by Gasteiger charge is -2.33. The summed E-state index contributed by atoms with van der Waals surface area (Å²) in [6.45, 7) is 4.41. The minimum absolute atomic E-state index is 0.0149. The number of halogens is 1. The molecule has 0 unspecified atom stereocenters. The Morgan fingerprint density at radius 2 is 2.21 bits per heavy atom. The van der Waals surface area contributed by atoms with Gasteiger partial charge in [-0.3, -0.25) is 0 Å². The quantitative estimate of drug-likeness (QED) is 0.855. The third-order valence-corrected chi connectivity index (χ3v) is 3.77. The Labute approximate surface area is 112 Å². The third-order valence-electron chi connectivity index (χ3n) is 3.77. The molecule has 1 aliphatic carbocycles. The van der Waals surface area contributed by atoms with Crippen LogP contribution in [-0.4, -0.2) is 9.78 Å². The molecule has 100 valence electrons. The zero-order chi connectivity index (χ0) is 13.6. The summed E-state index contributed by atoms with van der Waals surface area (Å²) < 4.78 is 15.2. The van der Waals surface area contributed by atoms with Crippen molar-refractivity contribution in [2.45, 2.75) is 32.7 Å². The van der Waals surface area contributed by atoms with E-state index in [-0.39, 0.29) is 17.3 Å². The van der Waals surface area contributed by atoms with Crippen LogP contribution in [-0.2, 0) is 6.42 Å². The summed E-state index contributed by atoms with van der Waals surface area (Å²) >= 11 is 0. The summed E-state index contributed by atoms with van der Waals surface area (Å²) in [4.78, 5) is 0. The maximum absolute atomic E-state index is 13.4. The van der Waals surface area contributed by atoms with Crippen LogP contribution in [0.2, 0.25) is 0 Å². The summed E-state index contributed by atoms with van der Waals surface area (Å²) in [6.07, 6.45) is 3.68. The fourth-order valence-electron chi connectivity index (χ4n) is 2.93. The van der Waals surface area contributed by atoms with Crippen molar-refractivity contribution in [2.24, 2.45) is 11.1 Å². The van der Waals surface area contributed by atoms with Gasteiger partial charge in [-0.1, -0.05) is 19.9 Å². The van der Waals surface area contributed by atoms with Crippen LogP contribution >= 0.6 is 0 Å². The molecule has 0 saturated heterocycles. The Morgan fingerprint density at radius 3 is 2.95 bits per heavy atom. The Bertz CT molecular complexity index is 616. The molecule has 3 rings (SSSR count). The van der Waals surface area contributed by atoms with Gasteiger partial charge in [-0.05, 0) is 36.5 Å². The van der Waals surface area contributed by atoms with Gasteiger partial charge in [-0.2, -0.15) is 5.10 Å². The number of nitrogens with two attached hydrogens (primary N) is 1. The molecule has 0 amide bonds. The number of rotatable bonds is 1. The summed E-state index contributed by atoms with van der Waals surface area (Å²) in [5.41, 5.74) is 9.31. The molecule has 1 heterocycles. The lowest BCUT2D eigenvalue weighted by molar-refractivity contribution is 0.278. The highest BCUT2D eigenvalue weighted by Crippen LogP contribution is 2.40. The first-order valence-electron chi connectivity index (χ1n) is 6.55. The van der Waals surface area contributed by atoms with E-state index < -0.39 is 0 Å². The lowest BCUT2D eigenvalue weighted by atomic mass is 9.74. The number of aromatic nitrogens is 2. The van der Waals surface area contributed by atoms with Gasteiger partial charge in [0.1, 0.15) is 5.82 Å². The molecular weight excluding hydrogens is 241 g/mol. The molecule has 4 heteroatoms. The van der Waals surface area contributed by atoms with Crippen molar-refractivity contribution in [3.05, 3.63) is 47.5 Å². The molecule has 0 aliphatic heterocycles. The number of fused-ring (bicyclic) bond motifs is 1. The number of hydrogen-bond acceptors (Lipinski definition) is 2. The van der Waals surface area contributed by atoms with Gasteiger partial charge < -0.3 is 5.73 Å². The highest BCUT2D eigenvalue weighted by Gasteiger charge is 2.33. The molecule has 1 atom stereocenters. The molecule has 1 aromatic heterocycles. The van der Waals surface area contributed by atoms with Crippen molar-refractivity contribution < 1.29 is 4.39 Å². The Hall–Kier alpha value is -1.68. The fourth-order valence-corrected chi connectivity index (χ4v) is 2.93. The normalized spacial score (nSPS) is 21.2. The van der Waals surface area contributed by atoms with Crippen LogP contribution in [0.3, 0.4) is 0 Å². The third kappa shape index (κ3) is 2.16. The Balaban J connectivity index is 2.11. The second kappa shape index (κ2) is 4.17. The van der Waals surface area contributed by atoms with Crippen LogP contribution in [0.5, 0.6) is 0 Å². The van der Waals surface area contributed by atoms with Crippen LogP contribution in [0.4, 0.5) is 4.39 Å². The second-order valence-electron chi connectivity index (χ2n) is 6.09. The Kier molecular flexibility index (Phi) is 2.71. The fraction of sp³-hybridized carbons (Fsp3) is 0.400. The molecule has 0 radical (unpaired) electrons. The monoisotopic (exact) mass is 259 g/mol. The second-order valence-corrected chi connectivity index (χ2v) is 6.09. The predicted molar refractivity (Wildman–Crippen MR) is 72.6 cm³/mol. The SMILES string of the molecule is CC1(C)Cc2c(cnn2-c2cccc(F)c2)[C@@H](N)C1. The van der Waals surface area contributed by atoms with Gasteiger partial charge in [0, 0.05) is 17.3 Å².